The van der Waals surface area contributed by atoms with Crippen molar-refractivity contribution < 1.29 is 27.4 Å². The van der Waals surface area contributed by atoms with E-state index in [-0.39, 0.29) is 29.7 Å². The molecule has 1 N–H and O–H groups in total. The van der Waals surface area contributed by atoms with Crippen LogP contribution in [-0.4, -0.2) is 63.6 Å². The number of fused-ring (bicyclic) bond motifs is 1. The molecule has 3 aliphatic rings. The highest BCUT2D eigenvalue weighted by molar-refractivity contribution is 7.90. The van der Waals surface area contributed by atoms with Crippen LogP contribution in [0.4, 0.5) is 5.13 Å². The molecule has 6 rings (SSSR count). The molecule has 0 radical (unpaired) electrons. The van der Waals surface area contributed by atoms with E-state index in [2.05, 4.69) is 15.2 Å². The number of sulfone groups is 1. The molecule has 39 heavy (non-hydrogen) atoms. The van der Waals surface area contributed by atoms with Gasteiger partial charge in [-0.3, -0.25) is 9.69 Å². The van der Waals surface area contributed by atoms with Crippen molar-refractivity contribution in [3.8, 4) is 11.5 Å². The maximum atomic E-state index is 13.5. The lowest BCUT2D eigenvalue weighted by atomic mass is 9.94. The lowest BCUT2D eigenvalue weighted by molar-refractivity contribution is -0.118. The van der Waals surface area contributed by atoms with Crippen LogP contribution in [0.5, 0.6) is 11.5 Å². The lowest BCUT2D eigenvalue weighted by Crippen LogP contribution is -2.36. The summed E-state index contributed by atoms with van der Waals surface area (Å²) in [6, 6.07) is 12.9. The number of nitrogens with one attached hydrogen (secondary N) is 1. The average Bonchev–Trinajstić information content (AvgIpc) is 3.21. The Labute approximate surface area is 232 Å². The van der Waals surface area contributed by atoms with Crippen LogP contribution >= 0.6 is 11.3 Å². The van der Waals surface area contributed by atoms with Gasteiger partial charge >= 0.3 is 0 Å². The molecular formula is C28H31N3O6S2. The van der Waals surface area contributed by atoms with Gasteiger partial charge < -0.3 is 19.5 Å². The first-order valence-electron chi connectivity index (χ1n) is 13.0. The van der Waals surface area contributed by atoms with Crippen LogP contribution in [0.2, 0.25) is 0 Å². The van der Waals surface area contributed by atoms with Gasteiger partial charge in [0.15, 0.2) is 26.5 Å². The molecule has 1 aromatic heterocycles. The molecule has 2 fully saturated rings. The van der Waals surface area contributed by atoms with Crippen molar-refractivity contribution in [1.29, 1.82) is 0 Å². The monoisotopic (exact) mass is 569 g/mol. The Hall–Kier alpha value is -2.99. The van der Waals surface area contributed by atoms with Gasteiger partial charge in [-0.2, -0.15) is 0 Å². The topological polar surface area (TPSA) is 107 Å². The Morgan fingerprint density at radius 3 is 2.69 bits per heavy atom. The number of amides is 1. The Balaban J connectivity index is 1.26. The maximum Gasteiger partial charge on any atom is 0.236 e. The zero-order valence-corrected chi connectivity index (χ0v) is 23.5. The van der Waals surface area contributed by atoms with E-state index < -0.39 is 15.3 Å². The third kappa shape index (κ3) is 5.04. The molecular weight excluding hydrogens is 538 g/mol. The molecule has 1 unspecified atom stereocenters. The molecule has 1 amide bonds. The first-order chi connectivity index (χ1) is 18.8. The average molecular weight is 570 g/mol. The Morgan fingerprint density at radius 2 is 1.97 bits per heavy atom. The molecule has 0 bridgehead atoms. The van der Waals surface area contributed by atoms with Crippen LogP contribution in [0.15, 0.2) is 53.6 Å². The fourth-order valence-corrected chi connectivity index (χ4v) is 7.23. The van der Waals surface area contributed by atoms with E-state index in [1.165, 1.54) is 17.6 Å². The third-order valence-corrected chi connectivity index (χ3v) is 9.95. The summed E-state index contributed by atoms with van der Waals surface area (Å²) < 4.78 is 40.5. The van der Waals surface area contributed by atoms with Gasteiger partial charge in [0.1, 0.15) is 0 Å². The molecule has 0 spiro atoms. The first kappa shape index (κ1) is 26.2. The van der Waals surface area contributed by atoms with Crippen LogP contribution in [0, 0.1) is 0 Å². The van der Waals surface area contributed by atoms with Gasteiger partial charge in [-0.05, 0) is 67.6 Å². The van der Waals surface area contributed by atoms with Crippen molar-refractivity contribution in [1.82, 2.24) is 9.88 Å². The van der Waals surface area contributed by atoms with E-state index in [0.717, 1.165) is 48.2 Å². The summed E-state index contributed by atoms with van der Waals surface area (Å²) >= 11 is 1.45. The summed E-state index contributed by atoms with van der Waals surface area (Å²) in [7, 11) is -1.59. The molecule has 2 atom stereocenters. The van der Waals surface area contributed by atoms with Gasteiger partial charge in [-0.1, -0.05) is 29.5 Å². The summed E-state index contributed by atoms with van der Waals surface area (Å²) in [5.74, 6) is 1.29. The van der Waals surface area contributed by atoms with Crippen LogP contribution in [0.3, 0.4) is 0 Å². The number of benzene rings is 2. The molecule has 11 heteroatoms. The first-order valence-corrected chi connectivity index (χ1v) is 15.7. The molecule has 9 nitrogen and oxygen atoms in total. The van der Waals surface area contributed by atoms with E-state index in [1.54, 1.807) is 19.2 Å². The predicted molar refractivity (Wildman–Crippen MR) is 147 cm³/mol. The largest absolute Gasteiger partial charge is 0.454 e. The maximum absolute atomic E-state index is 13.5. The molecule has 3 aromatic rings. The van der Waals surface area contributed by atoms with Gasteiger partial charge in [0.2, 0.25) is 12.7 Å². The Kier molecular flexibility index (Phi) is 6.86. The van der Waals surface area contributed by atoms with Crippen molar-refractivity contribution in [2.75, 3.05) is 38.6 Å². The number of likely N-dealkylation sites (tertiary alicyclic amines) is 1. The summed E-state index contributed by atoms with van der Waals surface area (Å²) in [5, 5.41) is 3.61. The van der Waals surface area contributed by atoms with E-state index in [9.17, 15) is 13.2 Å². The highest BCUT2D eigenvalue weighted by Crippen LogP contribution is 2.51. The van der Waals surface area contributed by atoms with E-state index in [4.69, 9.17) is 14.2 Å². The quantitative estimate of drug-likeness (QED) is 0.410. The van der Waals surface area contributed by atoms with Crippen molar-refractivity contribution in [2.45, 2.75) is 48.1 Å². The number of anilines is 1. The normalized spacial score (nSPS) is 20.6. The second kappa shape index (κ2) is 10.2. The number of hydrogen-bond acceptors (Lipinski definition) is 9. The molecule has 2 aromatic carbocycles. The van der Waals surface area contributed by atoms with Crippen LogP contribution < -0.4 is 14.8 Å². The predicted octanol–water partition coefficient (Wildman–Crippen LogP) is 4.15. The zero-order chi connectivity index (χ0) is 27.2. The van der Waals surface area contributed by atoms with Crippen molar-refractivity contribution >= 4 is 32.2 Å². The molecule has 3 heterocycles. The summed E-state index contributed by atoms with van der Waals surface area (Å²) in [5.41, 5.74) is 1.31. The van der Waals surface area contributed by atoms with Gasteiger partial charge in [0.05, 0.1) is 23.0 Å². The van der Waals surface area contributed by atoms with Gasteiger partial charge in [-0.25, -0.2) is 13.4 Å². The number of hydrogen-bond donors (Lipinski definition) is 1. The number of aromatic nitrogens is 1. The lowest BCUT2D eigenvalue weighted by Gasteiger charge is -2.32. The van der Waals surface area contributed by atoms with E-state index in [1.807, 2.05) is 36.5 Å². The number of methoxy groups -OCH3 is 1. The minimum absolute atomic E-state index is 0.0743. The van der Waals surface area contributed by atoms with E-state index >= 15 is 0 Å². The minimum Gasteiger partial charge on any atom is -0.454 e. The second-order valence-electron chi connectivity index (χ2n) is 10.4. The van der Waals surface area contributed by atoms with Crippen LogP contribution in [0.25, 0.3) is 0 Å². The van der Waals surface area contributed by atoms with Crippen LogP contribution in [0.1, 0.15) is 47.7 Å². The Morgan fingerprint density at radius 1 is 1.21 bits per heavy atom. The van der Waals surface area contributed by atoms with Gasteiger partial charge in [-0.15, -0.1) is 0 Å². The number of rotatable bonds is 9. The third-order valence-electron chi connectivity index (χ3n) is 7.86. The van der Waals surface area contributed by atoms with Crippen molar-refractivity contribution in [2.24, 2.45) is 0 Å². The van der Waals surface area contributed by atoms with Crippen molar-refractivity contribution in [3.63, 3.8) is 0 Å². The molecule has 206 valence electrons. The zero-order valence-electron chi connectivity index (χ0n) is 21.9. The second-order valence-corrected chi connectivity index (χ2v) is 13.5. The Bertz CT molecular complexity index is 1480. The molecule has 2 aliphatic heterocycles. The fraction of sp³-hybridized carbons (Fsp3) is 0.429. The fourth-order valence-electron chi connectivity index (χ4n) is 5.64. The summed E-state index contributed by atoms with van der Waals surface area (Å²) in [4.78, 5) is 21.7. The number of ether oxygens (including phenoxy) is 3. The smallest absolute Gasteiger partial charge is 0.236 e. The SMILES string of the molecule is COC[C@@H]1CCCN1C(c1ccc(S(C)(=O)=O)cc1)c1cnc(NC(=O)C2(c3ccc4c(c3)OCO4)CC2)s1. The molecule has 1 aliphatic carbocycles. The highest BCUT2D eigenvalue weighted by atomic mass is 32.2. The number of thiazole rings is 1. The molecule has 1 saturated carbocycles. The summed E-state index contributed by atoms with van der Waals surface area (Å²) in [6.45, 7) is 1.69. The number of carbonyl (C=O) groups excluding carboxylic acids is 1. The minimum atomic E-state index is -3.30. The standard InChI is InChI=1S/C28H31N3O6S2/c1-35-16-20-4-3-13-31(20)25(18-5-8-21(9-6-18)39(2,33)34)24-15-29-27(38-24)30-26(32)28(11-12-28)19-7-10-22-23(14-19)37-17-36-22/h5-10,14-15,20,25H,3-4,11-13,16-17H2,1-2H3,(H,29,30,32)/t20-,25?/m0/s1. The number of carbonyl (C=O) groups is 1. The van der Waals surface area contributed by atoms with Gasteiger partial charge in [0.25, 0.3) is 0 Å². The van der Waals surface area contributed by atoms with Crippen molar-refractivity contribution in [3.05, 3.63) is 64.7 Å². The summed E-state index contributed by atoms with van der Waals surface area (Å²) in [6.07, 6.45) is 6.62. The highest BCUT2D eigenvalue weighted by Gasteiger charge is 2.52. The number of nitrogens with zero attached hydrogens (tertiary/aromatic N) is 2. The van der Waals surface area contributed by atoms with E-state index in [0.29, 0.717) is 23.2 Å². The molecule has 1 saturated heterocycles. The van der Waals surface area contributed by atoms with Gasteiger partial charge in [0, 0.05) is 30.5 Å². The van der Waals surface area contributed by atoms with Crippen LogP contribution in [-0.2, 0) is 24.8 Å².